The molecule has 2 aromatic carbocycles. The monoisotopic (exact) mass is 435 g/mol. The van der Waals surface area contributed by atoms with Gasteiger partial charge < -0.3 is 9.73 Å². The molecule has 31 heavy (non-hydrogen) atoms. The fourth-order valence-corrected chi connectivity index (χ4v) is 3.04. The van der Waals surface area contributed by atoms with Crippen LogP contribution in [0.25, 0.3) is 17.4 Å². The van der Waals surface area contributed by atoms with Crippen LogP contribution in [0.5, 0.6) is 0 Å². The highest BCUT2D eigenvalue weighted by atomic mass is 35.5. The third-order valence-corrected chi connectivity index (χ3v) is 4.57. The van der Waals surface area contributed by atoms with Crippen molar-refractivity contribution < 1.29 is 18.9 Å². The molecule has 1 heterocycles. The number of para-hydroxylation sites is 1. The number of nitriles is 1. The molecule has 0 bridgehead atoms. The molecule has 1 N–H and O–H groups in total. The van der Waals surface area contributed by atoms with Crippen LogP contribution >= 0.6 is 11.6 Å². The van der Waals surface area contributed by atoms with Gasteiger partial charge in [-0.2, -0.15) is 5.26 Å². The molecule has 0 unspecified atom stereocenters. The van der Waals surface area contributed by atoms with Gasteiger partial charge >= 0.3 is 0 Å². The molecular weight excluding hydrogens is 422 g/mol. The molecule has 0 saturated carbocycles. The first kappa shape index (κ1) is 21.5. The molecule has 3 rings (SSSR count). The largest absolute Gasteiger partial charge is 0.457 e. The minimum atomic E-state index is -0.706. The van der Waals surface area contributed by atoms with Crippen LogP contribution in [-0.4, -0.2) is 16.6 Å². The normalized spacial score (nSPS) is 10.9. The van der Waals surface area contributed by atoms with Gasteiger partial charge in [-0.3, -0.25) is 19.7 Å². The summed E-state index contributed by atoms with van der Waals surface area (Å²) >= 11 is 6.11. The lowest BCUT2D eigenvalue weighted by Crippen LogP contribution is -2.15. The van der Waals surface area contributed by atoms with Crippen LogP contribution in [0, 0.1) is 21.4 Å². The Morgan fingerprint density at radius 2 is 1.94 bits per heavy atom. The van der Waals surface area contributed by atoms with Crippen LogP contribution in [0.15, 0.2) is 64.6 Å². The Balaban J connectivity index is 1.85. The second-order valence-electron chi connectivity index (χ2n) is 6.35. The molecular formula is C22H14ClN3O5. The zero-order valence-electron chi connectivity index (χ0n) is 16.1. The first-order chi connectivity index (χ1) is 14.8. The standard InChI is InChI=1S/C22H14ClN3O5/c1-13(27)17-4-2-3-5-20(17)25-22(28)14(12-24)10-16-7-9-21(31-16)18-8-6-15(26(29)30)11-19(18)23/h2-11H,1H3,(H,25,28)/b14-10-. The molecule has 0 aliphatic carbocycles. The number of rotatable bonds is 6. The van der Waals surface area contributed by atoms with Crippen LogP contribution in [0.2, 0.25) is 5.02 Å². The number of nitro groups is 1. The van der Waals surface area contributed by atoms with Crippen LogP contribution in [-0.2, 0) is 4.79 Å². The van der Waals surface area contributed by atoms with Gasteiger partial charge in [-0.25, -0.2) is 0 Å². The number of nitro benzene ring substituents is 1. The second-order valence-corrected chi connectivity index (χ2v) is 6.76. The van der Waals surface area contributed by atoms with Gasteiger partial charge in [0.2, 0.25) is 0 Å². The van der Waals surface area contributed by atoms with Crippen molar-refractivity contribution in [2.75, 3.05) is 5.32 Å². The maximum Gasteiger partial charge on any atom is 0.270 e. The molecule has 9 heteroatoms. The number of Topliss-reactive ketones (excluding diaryl/α,β-unsaturated/α-hetero) is 1. The predicted molar refractivity (Wildman–Crippen MR) is 114 cm³/mol. The van der Waals surface area contributed by atoms with E-state index in [1.807, 2.05) is 0 Å². The van der Waals surface area contributed by atoms with E-state index in [1.54, 1.807) is 36.4 Å². The topological polar surface area (TPSA) is 126 Å². The summed E-state index contributed by atoms with van der Waals surface area (Å²) in [5.41, 5.74) is 0.634. The van der Waals surface area contributed by atoms with Crippen molar-refractivity contribution in [3.05, 3.63) is 86.6 Å². The highest BCUT2D eigenvalue weighted by Gasteiger charge is 2.16. The van der Waals surface area contributed by atoms with Crippen LogP contribution in [0.1, 0.15) is 23.0 Å². The van der Waals surface area contributed by atoms with Crippen molar-refractivity contribution >= 4 is 40.7 Å². The smallest absolute Gasteiger partial charge is 0.270 e. The summed E-state index contributed by atoms with van der Waals surface area (Å²) in [6.45, 7) is 1.37. The van der Waals surface area contributed by atoms with Gasteiger partial charge in [-0.05, 0) is 37.3 Å². The number of carbonyl (C=O) groups is 2. The van der Waals surface area contributed by atoms with E-state index >= 15 is 0 Å². The number of anilines is 1. The SMILES string of the molecule is CC(=O)c1ccccc1NC(=O)/C(C#N)=C\c1ccc(-c2ccc([N+](=O)[O-])cc2Cl)o1. The van der Waals surface area contributed by atoms with Crippen molar-refractivity contribution in [3.63, 3.8) is 0 Å². The highest BCUT2D eigenvalue weighted by Crippen LogP contribution is 2.32. The number of furan rings is 1. The third-order valence-electron chi connectivity index (χ3n) is 4.26. The molecule has 0 saturated heterocycles. The van der Waals surface area contributed by atoms with Gasteiger partial charge in [-0.15, -0.1) is 0 Å². The predicted octanol–water partition coefficient (Wildman–Crippen LogP) is 5.26. The summed E-state index contributed by atoms with van der Waals surface area (Å²) in [7, 11) is 0. The number of ketones is 1. The first-order valence-corrected chi connectivity index (χ1v) is 9.25. The summed E-state index contributed by atoms with van der Waals surface area (Å²) < 4.78 is 5.63. The number of halogens is 1. The number of benzene rings is 2. The van der Waals surface area contributed by atoms with Gasteiger partial charge in [0.05, 0.1) is 15.6 Å². The maximum absolute atomic E-state index is 12.5. The number of non-ortho nitro benzene ring substituents is 1. The molecule has 0 aliphatic rings. The van der Waals surface area contributed by atoms with Crippen molar-refractivity contribution in [1.82, 2.24) is 0 Å². The Hall–Kier alpha value is -4.22. The fourth-order valence-electron chi connectivity index (χ4n) is 2.77. The van der Waals surface area contributed by atoms with Crippen molar-refractivity contribution in [2.24, 2.45) is 0 Å². The third kappa shape index (κ3) is 4.86. The zero-order valence-corrected chi connectivity index (χ0v) is 16.8. The van der Waals surface area contributed by atoms with Gasteiger partial charge in [0, 0.05) is 29.3 Å². The molecule has 154 valence electrons. The molecule has 3 aromatic rings. The quantitative estimate of drug-likeness (QED) is 0.185. The Bertz CT molecular complexity index is 1270. The van der Waals surface area contributed by atoms with Gasteiger partial charge in [-0.1, -0.05) is 23.7 Å². The number of carbonyl (C=O) groups excluding carboxylic acids is 2. The van der Waals surface area contributed by atoms with Crippen LogP contribution < -0.4 is 5.32 Å². The van der Waals surface area contributed by atoms with E-state index in [4.69, 9.17) is 16.0 Å². The van der Waals surface area contributed by atoms with E-state index in [9.17, 15) is 25.0 Å². The Morgan fingerprint density at radius 1 is 1.19 bits per heavy atom. The van der Waals surface area contributed by atoms with E-state index in [-0.39, 0.29) is 27.8 Å². The Labute approximate surface area is 181 Å². The Morgan fingerprint density at radius 3 is 2.58 bits per heavy atom. The second kappa shape index (κ2) is 9.07. The van der Waals surface area contributed by atoms with Crippen LogP contribution in [0.4, 0.5) is 11.4 Å². The number of nitrogens with zero attached hydrogens (tertiary/aromatic N) is 2. The minimum Gasteiger partial charge on any atom is -0.457 e. The number of hydrogen-bond acceptors (Lipinski definition) is 6. The average Bonchev–Trinajstić information content (AvgIpc) is 3.20. The number of nitrogens with one attached hydrogen (secondary N) is 1. The lowest BCUT2D eigenvalue weighted by Gasteiger charge is -2.08. The van der Waals surface area contributed by atoms with E-state index in [0.29, 0.717) is 22.6 Å². The molecule has 0 fully saturated rings. The Kier molecular flexibility index (Phi) is 6.29. The van der Waals surface area contributed by atoms with Crippen LogP contribution in [0.3, 0.4) is 0 Å². The van der Waals surface area contributed by atoms with Gasteiger partial charge in [0.25, 0.3) is 11.6 Å². The molecule has 1 amide bonds. The summed E-state index contributed by atoms with van der Waals surface area (Å²) in [6, 6.07) is 15.3. The average molecular weight is 436 g/mol. The van der Waals surface area contributed by atoms with E-state index in [1.165, 1.54) is 37.3 Å². The van der Waals surface area contributed by atoms with Crippen molar-refractivity contribution in [3.8, 4) is 17.4 Å². The first-order valence-electron chi connectivity index (χ1n) is 8.87. The maximum atomic E-state index is 12.5. The molecule has 8 nitrogen and oxygen atoms in total. The molecule has 0 atom stereocenters. The summed E-state index contributed by atoms with van der Waals surface area (Å²) in [5.74, 6) is -0.418. The minimum absolute atomic E-state index is 0.123. The lowest BCUT2D eigenvalue weighted by atomic mass is 10.1. The molecule has 1 aromatic heterocycles. The number of amides is 1. The summed E-state index contributed by atoms with van der Waals surface area (Å²) in [4.78, 5) is 34.5. The zero-order chi connectivity index (χ0) is 22.5. The molecule has 0 spiro atoms. The summed E-state index contributed by atoms with van der Waals surface area (Å²) in [5, 5.41) is 22.9. The van der Waals surface area contributed by atoms with E-state index < -0.39 is 10.8 Å². The lowest BCUT2D eigenvalue weighted by molar-refractivity contribution is -0.384. The van der Waals surface area contributed by atoms with Crippen molar-refractivity contribution in [2.45, 2.75) is 6.92 Å². The fraction of sp³-hybridized carbons (Fsp3) is 0.0455. The number of hydrogen-bond donors (Lipinski definition) is 1. The highest BCUT2D eigenvalue weighted by molar-refractivity contribution is 6.33. The van der Waals surface area contributed by atoms with Gasteiger partial charge in [0.15, 0.2) is 5.78 Å². The molecule has 0 radical (unpaired) electrons. The van der Waals surface area contributed by atoms with Crippen molar-refractivity contribution in [1.29, 1.82) is 5.26 Å². The van der Waals surface area contributed by atoms with Gasteiger partial charge in [0.1, 0.15) is 23.2 Å². The molecule has 0 aliphatic heterocycles. The van der Waals surface area contributed by atoms with E-state index in [0.717, 1.165) is 0 Å². The summed E-state index contributed by atoms with van der Waals surface area (Å²) in [6.07, 6.45) is 1.24. The van der Waals surface area contributed by atoms with E-state index in [2.05, 4.69) is 5.32 Å².